The lowest BCUT2D eigenvalue weighted by Gasteiger charge is -2.56. The number of fused-ring (bicyclic) bond motifs is 3. The fraction of sp³-hybridized carbons (Fsp3) is 0.516. The number of hydrogen-bond donors (Lipinski definition) is 0. The van der Waals surface area contributed by atoms with E-state index in [9.17, 15) is 9.18 Å². The maximum Gasteiger partial charge on any atom is 0.223 e. The van der Waals surface area contributed by atoms with Crippen molar-refractivity contribution in [1.82, 2.24) is 9.80 Å². The fourth-order valence-corrected chi connectivity index (χ4v) is 7.09. The lowest BCUT2D eigenvalue weighted by atomic mass is 9.63. The summed E-state index contributed by atoms with van der Waals surface area (Å²) in [7, 11) is 4.23. The van der Waals surface area contributed by atoms with E-state index in [1.807, 2.05) is 6.07 Å². The Morgan fingerprint density at radius 3 is 2.40 bits per heavy atom. The minimum Gasteiger partial charge on any atom is -0.333 e. The molecule has 35 heavy (non-hydrogen) atoms. The number of rotatable bonds is 3. The van der Waals surface area contributed by atoms with Crippen LogP contribution in [0.25, 0.3) is 5.57 Å². The molecule has 2 aliphatic carbocycles. The Kier molecular flexibility index (Phi) is 5.95. The first-order valence-electron chi connectivity index (χ1n) is 13.1. The highest BCUT2D eigenvalue weighted by Gasteiger charge is 2.54. The lowest BCUT2D eigenvalue weighted by Crippen LogP contribution is -2.60. The van der Waals surface area contributed by atoms with Crippen LogP contribution >= 0.6 is 0 Å². The van der Waals surface area contributed by atoms with Gasteiger partial charge in [0, 0.05) is 18.5 Å². The summed E-state index contributed by atoms with van der Waals surface area (Å²) in [5, 5.41) is 0. The molecule has 0 aromatic heterocycles. The molecule has 0 saturated heterocycles. The third-order valence-corrected chi connectivity index (χ3v) is 8.84. The predicted octanol–water partition coefficient (Wildman–Crippen LogP) is 6.57. The zero-order chi connectivity index (χ0) is 25.0. The molecular weight excluding hydrogens is 435 g/mol. The smallest absolute Gasteiger partial charge is 0.223 e. The number of nitrogens with zero attached hydrogens (tertiary/aromatic N) is 2. The summed E-state index contributed by atoms with van der Waals surface area (Å²) >= 11 is 0. The van der Waals surface area contributed by atoms with Crippen molar-refractivity contribution in [3.63, 3.8) is 0 Å². The molecule has 1 saturated carbocycles. The number of carbonyl (C=O) groups excluding carboxylic acids is 1. The zero-order valence-electron chi connectivity index (χ0n) is 22.0. The van der Waals surface area contributed by atoms with Gasteiger partial charge in [0.25, 0.3) is 0 Å². The van der Waals surface area contributed by atoms with Crippen LogP contribution in [0.5, 0.6) is 0 Å². The van der Waals surface area contributed by atoms with E-state index in [0.717, 1.165) is 50.6 Å². The second-order valence-corrected chi connectivity index (χ2v) is 12.3. The van der Waals surface area contributed by atoms with Gasteiger partial charge in [-0.3, -0.25) is 9.69 Å². The van der Waals surface area contributed by atoms with Crippen LogP contribution in [0, 0.1) is 11.2 Å². The third kappa shape index (κ3) is 4.04. The topological polar surface area (TPSA) is 23.6 Å². The van der Waals surface area contributed by atoms with Gasteiger partial charge in [-0.2, -0.15) is 0 Å². The van der Waals surface area contributed by atoms with Crippen LogP contribution < -0.4 is 0 Å². The Bertz CT molecular complexity index is 1160. The monoisotopic (exact) mass is 474 g/mol. The number of amides is 1. The average Bonchev–Trinajstić information content (AvgIpc) is 3.18. The SMILES string of the molecule is CN(C)C1(c2cccc(F)c2)CCC2(CC1)C1=C(CCN2C(=O)CC(C)(C)C)c2ccccc2C1. The van der Waals surface area contributed by atoms with Gasteiger partial charge in [0.15, 0.2) is 0 Å². The van der Waals surface area contributed by atoms with Crippen LogP contribution in [0.15, 0.2) is 54.1 Å². The molecule has 3 aliphatic rings. The maximum atomic E-state index is 14.3. The second-order valence-electron chi connectivity index (χ2n) is 12.3. The highest BCUT2D eigenvalue weighted by atomic mass is 19.1. The van der Waals surface area contributed by atoms with Crippen LogP contribution in [0.1, 0.15) is 76.0 Å². The molecule has 0 unspecified atom stereocenters. The molecule has 3 nitrogen and oxygen atoms in total. The molecule has 1 fully saturated rings. The first kappa shape index (κ1) is 24.2. The summed E-state index contributed by atoms with van der Waals surface area (Å²) in [6, 6.07) is 15.9. The largest absolute Gasteiger partial charge is 0.333 e. The van der Waals surface area contributed by atoms with Crippen molar-refractivity contribution >= 4 is 11.5 Å². The van der Waals surface area contributed by atoms with Gasteiger partial charge in [-0.25, -0.2) is 4.39 Å². The lowest BCUT2D eigenvalue weighted by molar-refractivity contribution is -0.141. The standard InChI is InChI=1S/C31H39FN2O/c1-29(2,3)21-28(35)34-18-13-26-25-12-7-6-9-22(25)19-27(26)31(34)16-14-30(15-17-31,33(4)5)23-10-8-11-24(32)20-23/h6-12,20H,13-19,21H2,1-5H3. The molecule has 1 heterocycles. The molecule has 0 radical (unpaired) electrons. The molecule has 0 bridgehead atoms. The Labute approximate surface area is 210 Å². The molecule has 2 aromatic rings. The average molecular weight is 475 g/mol. The van der Waals surface area contributed by atoms with Crippen molar-refractivity contribution in [2.75, 3.05) is 20.6 Å². The van der Waals surface area contributed by atoms with E-state index in [-0.39, 0.29) is 28.2 Å². The van der Waals surface area contributed by atoms with Crippen molar-refractivity contribution < 1.29 is 9.18 Å². The van der Waals surface area contributed by atoms with E-state index in [1.165, 1.54) is 28.3 Å². The van der Waals surface area contributed by atoms with Crippen LogP contribution in [0.3, 0.4) is 0 Å². The summed E-state index contributed by atoms with van der Waals surface area (Å²) < 4.78 is 14.3. The molecule has 1 aliphatic heterocycles. The minimum absolute atomic E-state index is 0.0464. The normalized spacial score (nSPS) is 26.3. The van der Waals surface area contributed by atoms with E-state index in [0.29, 0.717) is 6.42 Å². The summed E-state index contributed by atoms with van der Waals surface area (Å²) in [5.74, 6) is 0.100. The van der Waals surface area contributed by atoms with Crippen molar-refractivity contribution in [3.8, 4) is 0 Å². The summed E-state index contributed by atoms with van der Waals surface area (Å²) in [4.78, 5) is 18.3. The predicted molar refractivity (Wildman–Crippen MR) is 140 cm³/mol. The maximum absolute atomic E-state index is 14.3. The number of hydrogen-bond acceptors (Lipinski definition) is 2. The molecule has 1 spiro atoms. The Morgan fingerprint density at radius 1 is 1.03 bits per heavy atom. The Morgan fingerprint density at radius 2 is 1.74 bits per heavy atom. The summed E-state index contributed by atoms with van der Waals surface area (Å²) in [5.41, 5.74) is 6.26. The number of benzene rings is 2. The third-order valence-electron chi connectivity index (χ3n) is 8.84. The van der Waals surface area contributed by atoms with Crippen molar-refractivity contribution in [2.24, 2.45) is 5.41 Å². The van der Waals surface area contributed by atoms with Gasteiger partial charge in [-0.05, 0) is 98.0 Å². The number of carbonyl (C=O) groups is 1. The zero-order valence-corrected chi connectivity index (χ0v) is 22.0. The van der Waals surface area contributed by atoms with Gasteiger partial charge in [-0.1, -0.05) is 57.2 Å². The first-order chi connectivity index (χ1) is 16.6. The van der Waals surface area contributed by atoms with Gasteiger partial charge in [-0.15, -0.1) is 0 Å². The fourth-order valence-electron chi connectivity index (χ4n) is 7.09. The minimum atomic E-state index is -0.248. The highest BCUT2D eigenvalue weighted by Crippen LogP contribution is 2.55. The highest BCUT2D eigenvalue weighted by molar-refractivity contribution is 5.84. The number of halogens is 1. The van der Waals surface area contributed by atoms with Crippen LogP contribution in [0.4, 0.5) is 4.39 Å². The Balaban J connectivity index is 1.56. The molecule has 0 N–H and O–H groups in total. The quantitative estimate of drug-likeness (QED) is 0.502. The van der Waals surface area contributed by atoms with Crippen LogP contribution in [0.2, 0.25) is 0 Å². The van der Waals surface area contributed by atoms with Crippen LogP contribution in [-0.4, -0.2) is 41.9 Å². The van der Waals surface area contributed by atoms with Gasteiger partial charge in [0.2, 0.25) is 5.91 Å². The first-order valence-corrected chi connectivity index (χ1v) is 13.1. The van der Waals surface area contributed by atoms with Gasteiger partial charge in [0.05, 0.1) is 5.54 Å². The van der Waals surface area contributed by atoms with Crippen molar-refractivity contribution in [1.29, 1.82) is 0 Å². The molecule has 0 atom stereocenters. The summed E-state index contributed by atoms with van der Waals surface area (Å²) in [6.45, 7) is 7.25. The van der Waals surface area contributed by atoms with Gasteiger partial charge >= 0.3 is 0 Å². The molecule has 186 valence electrons. The van der Waals surface area contributed by atoms with E-state index in [1.54, 1.807) is 6.07 Å². The molecule has 5 rings (SSSR count). The van der Waals surface area contributed by atoms with Gasteiger partial charge < -0.3 is 4.90 Å². The second kappa shape index (κ2) is 8.58. The van der Waals surface area contributed by atoms with E-state index in [2.05, 4.69) is 75.0 Å². The molecule has 1 amide bonds. The Hall–Kier alpha value is -2.46. The van der Waals surface area contributed by atoms with Gasteiger partial charge in [0.1, 0.15) is 5.82 Å². The van der Waals surface area contributed by atoms with Crippen LogP contribution in [-0.2, 0) is 16.8 Å². The van der Waals surface area contributed by atoms with Crippen molar-refractivity contribution in [3.05, 3.63) is 76.6 Å². The molecular formula is C31H39FN2O. The van der Waals surface area contributed by atoms with E-state index >= 15 is 0 Å². The molecule has 2 aromatic carbocycles. The van der Waals surface area contributed by atoms with E-state index < -0.39 is 0 Å². The van der Waals surface area contributed by atoms with Crippen molar-refractivity contribution in [2.45, 2.75) is 76.8 Å². The molecule has 4 heteroatoms. The summed E-state index contributed by atoms with van der Waals surface area (Å²) in [6.07, 6.45) is 6.06. The van der Waals surface area contributed by atoms with E-state index in [4.69, 9.17) is 0 Å².